The summed E-state index contributed by atoms with van der Waals surface area (Å²) in [7, 11) is 3.25. The number of benzene rings is 1. The number of aromatic amines is 1. The third-order valence-corrected chi connectivity index (χ3v) is 4.87. The quantitative estimate of drug-likeness (QED) is 0.909. The van der Waals surface area contributed by atoms with Crippen LogP contribution in [0.1, 0.15) is 22.1 Å². The van der Waals surface area contributed by atoms with Gasteiger partial charge >= 0.3 is 0 Å². The molecular weight excluding hydrogens is 302 g/mol. The van der Waals surface area contributed by atoms with E-state index < -0.39 is 0 Å². The Morgan fingerprint density at radius 3 is 2.86 bits per heavy atom. The summed E-state index contributed by atoms with van der Waals surface area (Å²) in [6.45, 7) is 1.95. The van der Waals surface area contributed by atoms with Gasteiger partial charge in [-0.25, -0.2) is 0 Å². The van der Waals surface area contributed by atoms with E-state index in [0.29, 0.717) is 11.6 Å². The highest BCUT2D eigenvalue weighted by Gasteiger charge is 2.30. The van der Waals surface area contributed by atoms with E-state index in [1.807, 2.05) is 25.1 Å². The van der Waals surface area contributed by atoms with Crippen molar-refractivity contribution >= 4 is 23.5 Å². The van der Waals surface area contributed by atoms with Crippen molar-refractivity contribution < 1.29 is 14.3 Å². The summed E-state index contributed by atoms with van der Waals surface area (Å²) in [4.78, 5) is 11.8. The van der Waals surface area contributed by atoms with Crippen LogP contribution in [0.15, 0.2) is 18.2 Å². The lowest BCUT2D eigenvalue weighted by Crippen LogP contribution is -2.12. The first-order chi connectivity index (χ1) is 10.6. The molecule has 22 heavy (non-hydrogen) atoms. The number of carbonyl (C=O) groups is 1. The zero-order valence-electron chi connectivity index (χ0n) is 12.6. The van der Waals surface area contributed by atoms with Crippen molar-refractivity contribution in [2.24, 2.45) is 0 Å². The second-order valence-electron chi connectivity index (χ2n) is 4.96. The number of ether oxygens (including phenoxy) is 2. The Morgan fingerprint density at radius 1 is 1.32 bits per heavy atom. The van der Waals surface area contributed by atoms with E-state index >= 15 is 0 Å². The number of amides is 1. The minimum absolute atomic E-state index is 0.0337. The highest BCUT2D eigenvalue weighted by Crippen LogP contribution is 2.45. The van der Waals surface area contributed by atoms with Gasteiger partial charge in [0.25, 0.3) is 0 Å². The summed E-state index contributed by atoms with van der Waals surface area (Å²) < 4.78 is 10.8. The van der Waals surface area contributed by atoms with Crippen molar-refractivity contribution in [2.45, 2.75) is 12.2 Å². The summed E-state index contributed by atoms with van der Waals surface area (Å²) in [5.41, 5.74) is 2.92. The molecule has 6 nitrogen and oxygen atoms in total. The Hall–Kier alpha value is -2.15. The van der Waals surface area contributed by atoms with Crippen molar-refractivity contribution in [3.05, 3.63) is 35.0 Å². The van der Waals surface area contributed by atoms with Crippen LogP contribution in [0.25, 0.3) is 0 Å². The lowest BCUT2D eigenvalue weighted by molar-refractivity contribution is -0.113. The Balaban J connectivity index is 2.11. The summed E-state index contributed by atoms with van der Waals surface area (Å²) in [5.74, 6) is 2.38. The molecule has 1 atom stereocenters. The maximum absolute atomic E-state index is 11.8. The molecule has 1 aliphatic heterocycles. The number of aromatic nitrogens is 2. The van der Waals surface area contributed by atoms with E-state index in [9.17, 15) is 4.79 Å². The van der Waals surface area contributed by atoms with E-state index in [4.69, 9.17) is 9.47 Å². The molecular formula is C15H17N3O3S. The average molecular weight is 319 g/mol. The van der Waals surface area contributed by atoms with Crippen LogP contribution in [0.4, 0.5) is 5.82 Å². The van der Waals surface area contributed by atoms with Gasteiger partial charge in [0, 0.05) is 22.9 Å². The number of carbonyl (C=O) groups excluding carboxylic acids is 1. The third kappa shape index (κ3) is 2.52. The first-order valence-corrected chi connectivity index (χ1v) is 7.87. The first-order valence-electron chi connectivity index (χ1n) is 6.82. The molecule has 0 fully saturated rings. The molecule has 116 valence electrons. The minimum atomic E-state index is -0.0484. The molecule has 7 heteroatoms. The predicted molar refractivity (Wildman–Crippen MR) is 85.8 cm³/mol. The molecule has 3 rings (SSSR count). The summed E-state index contributed by atoms with van der Waals surface area (Å²) in [5, 5.41) is 9.94. The van der Waals surface area contributed by atoms with Crippen molar-refractivity contribution in [3.63, 3.8) is 0 Å². The Bertz CT molecular complexity index is 714. The second-order valence-corrected chi connectivity index (χ2v) is 6.05. The Morgan fingerprint density at radius 2 is 2.14 bits per heavy atom. The molecule has 1 aromatic heterocycles. The van der Waals surface area contributed by atoms with E-state index in [2.05, 4.69) is 15.5 Å². The van der Waals surface area contributed by atoms with Gasteiger partial charge in [-0.1, -0.05) is 6.07 Å². The fraction of sp³-hybridized carbons (Fsp3) is 0.333. The number of fused-ring (bicyclic) bond motifs is 1. The zero-order valence-corrected chi connectivity index (χ0v) is 13.4. The molecule has 1 aliphatic rings. The maximum atomic E-state index is 11.8. The van der Waals surface area contributed by atoms with Crippen molar-refractivity contribution in [1.82, 2.24) is 10.2 Å². The van der Waals surface area contributed by atoms with E-state index in [1.54, 1.807) is 26.0 Å². The van der Waals surface area contributed by atoms with Gasteiger partial charge in [-0.05, 0) is 13.0 Å². The van der Waals surface area contributed by atoms with Gasteiger partial charge < -0.3 is 14.8 Å². The van der Waals surface area contributed by atoms with Crippen LogP contribution in [0.2, 0.25) is 0 Å². The lowest BCUT2D eigenvalue weighted by Gasteiger charge is -2.18. The number of nitrogens with zero attached hydrogens (tertiary/aromatic N) is 1. The fourth-order valence-corrected chi connectivity index (χ4v) is 3.76. The molecule has 2 N–H and O–H groups in total. The summed E-state index contributed by atoms with van der Waals surface area (Å²) in [6.07, 6.45) is 0. The van der Waals surface area contributed by atoms with Gasteiger partial charge in [0.1, 0.15) is 11.5 Å². The van der Waals surface area contributed by atoms with Crippen LogP contribution in [0.3, 0.4) is 0 Å². The second kappa shape index (κ2) is 5.92. The molecule has 0 saturated heterocycles. The van der Waals surface area contributed by atoms with Crippen molar-refractivity contribution in [1.29, 1.82) is 0 Å². The average Bonchev–Trinajstić information content (AvgIpc) is 2.79. The SMILES string of the molecule is COc1ccc(C2SCC(=O)Nc3n[nH]c(C)c32)c(OC)c1. The van der Waals surface area contributed by atoms with E-state index in [-0.39, 0.29) is 11.2 Å². The first kappa shape index (κ1) is 14.8. The van der Waals surface area contributed by atoms with Gasteiger partial charge in [0.15, 0.2) is 5.82 Å². The number of H-pyrrole nitrogens is 1. The Kier molecular flexibility index (Phi) is 3.98. The smallest absolute Gasteiger partial charge is 0.235 e. The van der Waals surface area contributed by atoms with Gasteiger partial charge in [-0.2, -0.15) is 5.10 Å². The highest BCUT2D eigenvalue weighted by molar-refractivity contribution is 8.00. The number of anilines is 1. The van der Waals surface area contributed by atoms with E-state index in [1.165, 1.54) is 0 Å². The molecule has 0 aliphatic carbocycles. The summed E-state index contributed by atoms with van der Waals surface area (Å²) >= 11 is 1.56. The molecule has 0 spiro atoms. The molecule has 1 amide bonds. The van der Waals surface area contributed by atoms with Crippen LogP contribution < -0.4 is 14.8 Å². The molecule has 2 heterocycles. The van der Waals surface area contributed by atoms with Crippen molar-refractivity contribution in [3.8, 4) is 11.5 Å². The van der Waals surface area contributed by atoms with Gasteiger partial charge in [0.2, 0.25) is 5.91 Å². The summed E-state index contributed by atoms with van der Waals surface area (Å²) in [6, 6.07) is 5.72. The van der Waals surface area contributed by atoms with Gasteiger partial charge in [-0.15, -0.1) is 11.8 Å². The van der Waals surface area contributed by atoms with Crippen LogP contribution in [-0.4, -0.2) is 36.1 Å². The molecule has 0 saturated carbocycles. The van der Waals surface area contributed by atoms with Crippen molar-refractivity contribution in [2.75, 3.05) is 25.3 Å². The largest absolute Gasteiger partial charge is 0.497 e. The Labute approximate surface area is 132 Å². The number of nitrogens with one attached hydrogen (secondary N) is 2. The predicted octanol–water partition coefficient (Wildman–Crippen LogP) is 2.51. The van der Waals surface area contributed by atoms with Crippen LogP contribution >= 0.6 is 11.8 Å². The third-order valence-electron chi connectivity index (χ3n) is 3.62. The lowest BCUT2D eigenvalue weighted by atomic mass is 10.0. The van der Waals surface area contributed by atoms with E-state index in [0.717, 1.165) is 28.3 Å². The van der Waals surface area contributed by atoms with Crippen LogP contribution in [0, 0.1) is 6.92 Å². The zero-order chi connectivity index (χ0) is 15.7. The maximum Gasteiger partial charge on any atom is 0.235 e. The molecule has 1 unspecified atom stereocenters. The van der Waals surface area contributed by atoms with Crippen LogP contribution in [0.5, 0.6) is 11.5 Å². The standard InChI is InChI=1S/C15H17N3O3S/c1-8-13-14(22-7-12(19)16-15(13)18-17-8)10-5-4-9(20-2)6-11(10)21-3/h4-6,14H,7H2,1-3H3,(H2,16,17,18,19). The minimum Gasteiger partial charge on any atom is -0.497 e. The number of hydrogen-bond acceptors (Lipinski definition) is 5. The van der Waals surface area contributed by atoms with Gasteiger partial charge in [-0.3, -0.25) is 9.89 Å². The molecule has 0 bridgehead atoms. The number of hydrogen-bond donors (Lipinski definition) is 2. The monoisotopic (exact) mass is 319 g/mol. The van der Waals surface area contributed by atoms with Crippen LogP contribution in [-0.2, 0) is 4.79 Å². The highest BCUT2D eigenvalue weighted by atomic mass is 32.2. The fourth-order valence-electron chi connectivity index (χ4n) is 2.54. The number of methoxy groups -OCH3 is 2. The number of rotatable bonds is 3. The number of thioether (sulfide) groups is 1. The number of aryl methyl sites for hydroxylation is 1. The normalized spacial score (nSPS) is 17.4. The van der Waals surface area contributed by atoms with Gasteiger partial charge in [0.05, 0.1) is 25.2 Å². The molecule has 2 aromatic rings. The molecule has 0 radical (unpaired) electrons. The molecule has 1 aromatic carbocycles. The topological polar surface area (TPSA) is 76.2 Å².